The first kappa shape index (κ1) is 19.3. The molecular weight excluding hydrogens is 382 g/mol. The number of nitrogens with zero attached hydrogens (tertiary/aromatic N) is 2. The molecule has 1 atom stereocenters. The van der Waals surface area contributed by atoms with Crippen LogP contribution in [0.15, 0.2) is 79.0 Å². The number of ether oxygens (including phenoxy) is 1. The fraction of sp³-hybridized carbons (Fsp3) is 0.130. The number of aromatic nitrogens is 1. The number of imide groups is 1. The normalized spacial score (nSPS) is 18.2. The van der Waals surface area contributed by atoms with Gasteiger partial charge in [0.1, 0.15) is 11.5 Å². The summed E-state index contributed by atoms with van der Waals surface area (Å²) < 4.78 is 5.71. The van der Waals surface area contributed by atoms with Gasteiger partial charge < -0.3 is 10.1 Å². The molecule has 0 spiro atoms. The highest BCUT2D eigenvalue weighted by Gasteiger charge is 2.50. The molecule has 30 heavy (non-hydrogen) atoms. The largest absolute Gasteiger partial charge is 0.457 e. The number of pyridine rings is 1. The Hall–Kier alpha value is -4.00. The topological polar surface area (TPSA) is 88.6 Å². The fourth-order valence-electron chi connectivity index (χ4n) is 3.24. The van der Waals surface area contributed by atoms with E-state index in [1.807, 2.05) is 30.3 Å². The zero-order valence-corrected chi connectivity index (χ0v) is 16.2. The Labute approximate surface area is 173 Å². The number of ketones is 1. The molecule has 1 saturated heterocycles. The Morgan fingerprint density at radius 1 is 0.967 bits per heavy atom. The highest BCUT2D eigenvalue weighted by molar-refractivity contribution is 6.11. The number of amides is 3. The second-order valence-electron chi connectivity index (χ2n) is 7.02. The van der Waals surface area contributed by atoms with E-state index in [0.717, 1.165) is 4.90 Å². The predicted octanol–water partition coefficient (Wildman–Crippen LogP) is 3.52. The molecule has 150 valence electrons. The molecule has 7 heteroatoms. The van der Waals surface area contributed by atoms with Gasteiger partial charge in [-0.25, -0.2) is 4.79 Å². The average molecular weight is 401 g/mol. The van der Waals surface area contributed by atoms with Crippen molar-refractivity contribution in [2.24, 2.45) is 0 Å². The lowest BCUT2D eigenvalue weighted by Crippen LogP contribution is -2.42. The number of urea groups is 1. The van der Waals surface area contributed by atoms with Crippen LogP contribution >= 0.6 is 0 Å². The lowest BCUT2D eigenvalue weighted by molar-refractivity contribution is -0.130. The second kappa shape index (κ2) is 7.79. The minimum atomic E-state index is -1.30. The third kappa shape index (κ3) is 3.65. The van der Waals surface area contributed by atoms with Crippen molar-refractivity contribution in [2.75, 3.05) is 6.54 Å². The van der Waals surface area contributed by atoms with Gasteiger partial charge in [-0.1, -0.05) is 24.3 Å². The number of benzene rings is 2. The van der Waals surface area contributed by atoms with E-state index in [9.17, 15) is 14.4 Å². The fourth-order valence-corrected chi connectivity index (χ4v) is 3.24. The van der Waals surface area contributed by atoms with E-state index >= 15 is 0 Å². The molecule has 1 aromatic heterocycles. The number of para-hydroxylation sites is 1. The number of hydrogen-bond donors (Lipinski definition) is 1. The minimum absolute atomic E-state index is 0.352. The van der Waals surface area contributed by atoms with Crippen molar-refractivity contribution in [3.05, 3.63) is 90.3 Å². The van der Waals surface area contributed by atoms with Crippen molar-refractivity contribution < 1.29 is 19.1 Å². The predicted molar refractivity (Wildman–Crippen MR) is 109 cm³/mol. The molecule has 1 N–H and O–H groups in total. The Bertz CT molecular complexity index is 1080. The Kier molecular flexibility index (Phi) is 5.02. The van der Waals surface area contributed by atoms with Crippen LogP contribution in [0.3, 0.4) is 0 Å². The molecule has 2 aromatic carbocycles. The number of hydrogen-bond acceptors (Lipinski definition) is 5. The standard InChI is InChI=1S/C23H19N3O4/c1-23(20-9-5-6-14-24-20)21(28)26(22(29)25-23)15-19(27)16-10-12-18(13-11-16)30-17-7-3-2-4-8-17/h2-14H,15H2,1H3,(H,25,29)/t23-/m1/s1. The van der Waals surface area contributed by atoms with Gasteiger partial charge in [0.2, 0.25) is 0 Å². The van der Waals surface area contributed by atoms with Gasteiger partial charge in [-0.15, -0.1) is 0 Å². The van der Waals surface area contributed by atoms with E-state index in [2.05, 4.69) is 10.3 Å². The second-order valence-corrected chi connectivity index (χ2v) is 7.02. The number of carbonyl (C=O) groups is 3. The lowest BCUT2D eigenvalue weighted by atomic mass is 9.97. The van der Waals surface area contributed by atoms with E-state index in [1.165, 1.54) is 0 Å². The van der Waals surface area contributed by atoms with Crippen LogP contribution < -0.4 is 10.1 Å². The minimum Gasteiger partial charge on any atom is -0.457 e. The van der Waals surface area contributed by atoms with Crippen molar-refractivity contribution in [2.45, 2.75) is 12.5 Å². The molecule has 1 aliphatic rings. The first-order chi connectivity index (χ1) is 14.5. The summed E-state index contributed by atoms with van der Waals surface area (Å²) in [5.41, 5.74) is -0.505. The first-order valence-corrected chi connectivity index (χ1v) is 9.39. The summed E-state index contributed by atoms with van der Waals surface area (Å²) in [4.78, 5) is 43.1. The highest BCUT2D eigenvalue weighted by atomic mass is 16.5. The Morgan fingerprint density at radius 3 is 2.30 bits per heavy atom. The Balaban J connectivity index is 1.46. The molecule has 7 nitrogen and oxygen atoms in total. The quantitative estimate of drug-likeness (QED) is 0.504. The molecule has 0 unspecified atom stereocenters. The molecule has 0 radical (unpaired) electrons. The van der Waals surface area contributed by atoms with Crippen molar-refractivity contribution in [1.82, 2.24) is 15.2 Å². The van der Waals surface area contributed by atoms with E-state index in [-0.39, 0.29) is 12.3 Å². The summed E-state index contributed by atoms with van der Waals surface area (Å²) in [7, 11) is 0. The molecule has 1 fully saturated rings. The number of Topliss-reactive ketones (excluding diaryl/α,β-unsaturated/α-hetero) is 1. The monoisotopic (exact) mass is 401 g/mol. The van der Waals surface area contributed by atoms with Crippen LogP contribution in [-0.4, -0.2) is 34.2 Å². The summed E-state index contributed by atoms with van der Waals surface area (Å²) >= 11 is 0. The molecule has 1 aliphatic heterocycles. The summed E-state index contributed by atoms with van der Waals surface area (Å²) in [5.74, 6) is 0.402. The van der Waals surface area contributed by atoms with Crippen LogP contribution in [0.5, 0.6) is 11.5 Å². The number of carbonyl (C=O) groups excluding carboxylic acids is 3. The van der Waals surface area contributed by atoms with Crippen LogP contribution in [0.2, 0.25) is 0 Å². The molecular formula is C23H19N3O4. The average Bonchev–Trinajstić information content (AvgIpc) is 2.99. The van der Waals surface area contributed by atoms with E-state index in [0.29, 0.717) is 22.8 Å². The third-order valence-electron chi connectivity index (χ3n) is 4.91. The van der Waals surface area contributed by atoms with E-state index < -0.39 is 17.5 Å². The van der Waals surface area contributed by atoms with Crippen molar-refractivity contribution in [3.8, 4) is 11.5 Å². The SMILES string of the molecule is C[C@]1(c2ccccn2)NC(=O)N(CC(=O)c2ccc(Oc3ccccc3)cc2)C1=O. The lowest BCUT2D eigenvalue weighted by Gasteiger charge is -2.20. The first-order valence-electron chi connectivity index (χ1n) is 9.39. The van der Waals surface area contributed by atoms with E-state index in [4.69, 9.17) is 4.74 Å². The highest BCUT2D eigenvalue weighted by Crippen LogP contribution is 2.27. The van der Waals surface area contributed by atoms with Crippen LogP contribution in [0.4, 0.5) is 4.79 Å². The smallest absolute Gasteiger partial charge is 0.325 e. The summed E-state index contributed by atoms with van der Waals surface area (Å²) in [6.07, 6.45) is 1.55. The van der Waals surface area contributed by atoms with E-state index in [1.54, 1.807) is 55.6 Å². The van der Waals surface area contributed by atoms with Crippen LogP contribution in [0, 0.1) is 0 Å². The van der Waals surface area contributed by atoms with Gasteiger partial charge in [0.25, 0.3) is 5.91 Å². The molecule has 0 saturated carbocycles. The third-order valence-corrected chi connectivity index (χ3v) is 4.91. The molecule has 0 bridgehead atoms. The zero-order valence-electron chi connectivity index (χ0n) is 16.2. The Morgan fingerprint density at radius 2 is 1.63 bits per heavy atom. The van der Waals surface area contributed by atoms with Crippen LogP contribution in [-0.2, 0) is 10.3 Å². The van der Waals surface area contributed by atoms with Gasteiger partial charge in [-0.3, -0.25) is 19.5 Å². The van der Waals surface area contributed by atoms with Gasteiger partial charge in [-0.2, -0.15) is 0 Å². The molecule has 3 amide bonds. The molecule has 2 heterocycles. The summed E-state index contributed by atoms with van der Waals surface area (Å²) in [6.45, 7) is 1.22. The molecule has 3 aromatic rings. The zero-order chi connectivity index (χ0) is 21.1. The van der Waals surface area contributed by atoms with Crippen LogP contribution in [0.25, 0.3) is 0 Å². The maximum atomic E-state index is 12.9. The number of rotatable bonds is 6. The van der Waals surface area contributed by atoms with Gasteiger partial charge in [-0.05, 0) is 55.5 Å². The van der Waals surface area contributed by atoms with Gasteiger partial charge in [0.15, 0.2) is 11.3 Å². The summed E-state index contributed by atoms with van der Waals surface area (Å²) in [5, 5.41) is 2.64. The summed E-state index contributed by atoms with van der Waals surface area (Å²) in [6, 6.07) is 20.3. The molecule has 0 aliphatic carbocycles. The maximum Gasteiger partial charge on any atom is 0.325 e. The van der Waals surface area contributed by atoms with Crippen LogP contribution in [0.1, 0.15) is 23.0 Å². The number of nitrogens with one attached hydrogen (secondary N) is 1. The maximum absolute atomic E-state index is 12.9. The van der Waals surface area contributed by atoms with Gasteiger partial charge in [0, 0.05) is 11.8 Å². The van der Waals surface area contributed by atoms with Crippen molar-refractivity contribution >= 4 is 17.7 Å². The van der Waals surface area contributed by atoms with Gasteiger partial charge >= 0.3 is 6.03 Å². The molecule has 4 rings (SSSR count). The van der Waals surface area contributed by atoms with Crippen molar-refractivity contribution in [3.63, 3.8) is 0 Å². The van der Waals surface area contributed by atoms with Gasteiger partial charge in [0.05, 0.1) is 12.2 Å². The van der Waals surface area contributed by atoms with Crippen molar-refractivity contribution in [1.29, 1.82) is 0 Å².